The van der Waals surface area contributed by atoms with E-state index in [-0.39, 0.29) is 0 Å². The minimum absolute atomic E-state index is 0.958. The molecule has 8 rings (SSSR count). The first-order valence-corrected chi connectivity index (χ1v) is 14.6. The molecule has 2 aromatic heterocycles. The van der Waals surface area contributed by atoms with Gasteiger partial charge in [0.15, 0.2) is 0 Å². The Morgan fingerprint density at radius 2 is 0.953 bits per heavy atom. The molecule has 0 saturated carbocycles. The van der Waals surface area contributed by atoms with Crippen LogP contribution in [0.4, 0.5) is 0 Å². The molecule has 0 bridgehead atoms. The molecule has 0 radical (unpaired) electrons. The highest BCUT2D eigenvalue weighted by atomic mass is 15.0. The second kappa shape index (κ2) is 10.6. The molecule has 0 N–H and O–H groups in total. The fourth-order valence-electron chi connectivity index (χ4n) is 6.02. The summed E-state index contributed by atoms with van der Waals surface area (Å²) in [4.78, 5) is 5.19. The molecule has 2 heteroatoms. The van der Waals surface area contributed by atoms with E-state index in [9.17, 15) is 0 Å². The van der Waals surface area contributed by atoms with Gasteiger partial charge in [-0.25, -0.2) is 4.98 Å². The molecule has 6 aromatic carbocycles. The first-order valence-electron chi connectivity index (χ1n) is 14.6. The Morgan fingerprint density at radius 3 is 1.67 bits per heavy atom. The standard InChI is InChI=1S/C41H28N2/c1-4-13-29(14-5-1)35-25-39(30-15-6-2-7-16-30)42-40(26-35)34-20-12-19-33(23-34)38-28-43(36-21-8-3-9-22-36)41-27-32-18-11-10-17-31(32)24-37(38)41/h1-28H. The largest absolute Gasteiger partial charge is 0.316 e. The van der Waals surface area contributed by atoms with E-state index in [0.29, 0.717) is 0 Å². The zero-order chi connectivity index (χ0) is 28.6. The van der Waals surface area contributed by atoms with Crippen molar-refractivity contribution in [1.82, 2.24) is 9.55 Å². The second-order valence-electron chi connectivity index (χ2n) is 10.9. The molecule has 0 saturated heterocycles. The van der Waals surface area contributed by atoms with E-state index in [0.717, 1.165) is 33.8 Å². The lowest BCUT2D eigenvalue weighted by Crippen LogP contribution is -1.91. The average molecular weight is 549 g/mol. The predicted octanol–water partition coefficient (Wildman–Crippen LogP) is 10.8. The van der Waals surface area contributed by atoms with Crippen molar-refractivity contribution in [2.45, 2.75) is 0 Å². The monoisotopic (exact) mass is 548 g/mol. The average Bonchev–Trinajstić information content (AvgIpc) is 3.46. The number of benzene rings is 6. The molecule has 0 aliphatic rings. The number of hydrogen-bond donors (Lipinski definition) is 0. The zero-order valence-corrected chi connectivity index (χ0v) is 23.6. The summed E-state index contributed by atoms with van der Waals surface area (Å²) >= 11 is 0. The highest BCUT2D eigenvalue weighted by molar-refractivity contribution is 6.05. The van der Waals surface area contributed by atoms with E-state index in [4.69, 9.17) is 4.98 Å². The Bertz CT molecular complexity index is 2150. The first kappa shape index (κ1) is 25.0. The maximum atomic E-state index is 5.19. The normalized spacial score (nSPS) is 11.3. The fraction of sp³-hybridized carbons (Fsp3) is 0. The van der Waals surface area contributed by atoms with Crippen molar-refractivity contribution in [2.75, 3.05) is 0 Å². The molecule has 2 heterocycles. The number of fused-ring (bicyclic) bond motifs is 2. The van der Waals surface area contributed by atoms with Crippen molar-refractivity contribution in [3.8, 4) is 50.5 Å². The minimum atomic E-state index is 0.958. The van der Waals surface area contributed by atoms with Crippen LogP contribution in [-0.2, 0) is 0 Å². The van der Waals surface area contributed by atoms with Crippen molar-refractivity contribution in [3.05, 3.63) is 170 Å². The van der Waals surface area contributed by atoms with Crippen LogP contribution in [0.15, 0.2) is 170 Å². The third kappa shape index (κ3) is 4.69. The number of pyridine rings is 1. The maximum absolute atomic E-state index is 5.19. The van der Waals surface area contributed by atoms with Gasteiger partial charge in [0.1, 0.15) is 0 Å². The van der Waals surface area contributed by atoms with E-state index < -0.39 is 0 Å². The van der Waals surface area contributed by atoms with Crippen LogP contribution in [0.5, 0.6) is 0 Å². The van der Waals surface area contributed by atoms with E-state index in [1.165, 1.54) is 38.4 Å². The summed E-state index contributed by atoms with van der Waals surface area (Å²) in [5.41, 5.74) is 11.2. The van der Waals surface area contributed by atoms with Crippen LogP contribution in [0.1, 0.15) is 0 Å². The highest BCUT2D eigenvalue weighted by Gasteiger charge is 2.15. The van der Waals surface area contributed by atoms with Gasteiger partial charge in [0.25, 0.3) is 0 Å². The van der Waals surface area contributed by atoms with Crippen LogP contribution in [0.2, 0.25) is 0 Å². The van der Waals surface area contributed by atoms with Gasteiger partial charge in [-0.3, -0.25) is 0 Å². The minimum Gasteiger partial charge on any atom is -0.316 e. The molecule has 0 unspecified atom stereocenters. The van der Waals surface area contributed by atoms with Gasteiger partial charge in [-0.2, -0.15) is 0 Å². The summed E-state index contributed by atoms with van der Waals surface area (Å²) in [5.74, 6) is 0. The van der Waals surface area contributed by atoms with Crippen LogP contribution in [0.25, 0.3) is 72.1 Å². The van der Waals surface area contributed by atoms with E-state index in [1.807, 2.05) is 6.07 Å². The number of aromatic nitrogens is 2. The molecule has 0 amide bonds. The van der Waals surface area contributed by atoms with Gasteiger partial charge >= 0.3 is 0 Å². The Morgan fingerprint density at radius 1 is 0.395 bits per heavy atom. The lowest BCUT2D eigenvalue weighted by atomic mass is 9.97. The Labute approximate surface area is 251 Å². The molecule has 8 aromatic rings. The molecule has 0 aliphatic heterocycles. The third-order valence-corrected chi connectivity index (χ3v) is 8.18. The van der Waals surface area contributed by atoms with Crippen molar-refractivity contribution >= 4 is 21.7 Å². The quantitative estimate of drug-likeness (QED) is 0.209. The summed E-state index contributed by atoms with van der Waals surface area (Å²) in [6.07, 6.45) is 2.28. The Kier molecular flexibility index (Phi) is 6.16. The van der Waals surface area contributed by atoms with Crippen LogP contribution < -0.4 is 0 Å². The maximum Gasteiger partial charge on any atom is 0.0715 e. The van der Waals surface area contributed by atoms with E-state index >= 15 is 0 Å². The number of rotatable bonds is 5. The smallest absolute Gasteiger partial charge is 0.0715 e. The zero-order valence-electron chi connectivity index (χ0n) is 23.6. The first-order chi connectivity index (χ1) is 21.3. The number of para-hydroxylation sites is 1. The summed E-state index contributed by atoms with van der Waals surface area (Å²) in [5, 5.41) is 3.71. The van der Waals surface area contributed by atoms with Gasteiger partial charge in [0.05, 0.1) is 16.9 Å². The Hall–Kier alpha value is -5.73. The van der Waals surface area contributed by atoms with Crippen molar-refractivity contribution in [2.24, 2.45) is 0 Å². The molecule has 43 heavy (non-hydrogen) atoms. The Balaban J connectivity index is 1.32. The lowest BCUT2D eigenvalue weighted by Gasteiger charge is -2.11. The predicted molar refractivity (Wildman–Crippen MR) is 180 cm³/mol. The van der Waals surface area contributed by atoms with Crippen LogP contribution >= 0.6 is 0 Å². The van der Waals surface area contributed by atoms with Gasteiger partial charge in [-0.05, 0) is 69.9 Å². The molecule has 0 aliphatic carbocycles. The summed E-state index contributed by atoms with van der Waals surface area (Å²) in [7, 11) is 0. The molecule has 0 spiro atoms. The molecule has 0 atom stereocenters. The SMILES string of the molecule is c1ccc(-c2cc(-c3ccccc3)nc(-c3cccc(-c4cn(-c5ccccc5)c5cc6ccccc6cc45)c3)c2)cc1. The summed E-state index contributed by atoms with van der Waals surface area (Å²) in [6, 6.07) is 58.0. The second-order valence-corrected chi connectivity index (χ2v) is 10.9. The van der Waals surface area contributed by atoms with Gasteiger partial charge in [-0.15, -0.1) is 0 Å². The summed E-state index contributed by atoms with van der Waals surface area (Å²) < 4.78 is 2.31. The van der Waals surface area contributed by atoms with Gasteiger partial charge in [0.2, 0.25) is 0 Å². The van der Waals surface area contributed by atoms with Crippen LogP contribution in [0, 0.1) is 0 Å². The van der Waals surface area contributed by atoms with E-state index in [1.54, 1.807) is 0 Å². The van der Waals surface area contributed by atoms with Gasteiger partial charge < -0.3 is 4.57 Å². The van der Waals surface area contributed by atoms with Gasteiger partial charge in [0, 0.05) is 34.0 Å². The van der Waals surface area contributed by atoms with Crippen LogP contribution in [0.3, 0.4) is 0 Å². The number of hydrogen-bond acceptors (Lipinski definition) is 1. The van der Waals surface area contributed by atoms with Crippen molar-refractivity contribution in [1.29, 1.82) is 0 Å². The highest BCUT2D eigenvalue weighted by Crippen LogP contribution is 2.37. The lowest BCUT2D eigenvalue weighted by molar-refractivity contribution is 1.13. The molecule has 0 fully saturated rings. The fourth-order valence-corrected chi connectivity index (χ4v) is 6.02. The van der Waals surface area contributed by atoms with Crippen molar-refractivity contribution < 1.29 is 0 Å². The van der Waals surface area contributed by atoms with Crippen LogP contribution in [-0.4, -0.2) is 9.55 Å². The molecule has 202 valence electrons. The van der Waals surface area contributed by atoms with Crippen molar-refractivity contribution in [3.63, 3.8) is 0 Å². The molecule has 2 nitrogen and oxygen atoms in total. The van der Waals surface area contributed by atoms with E-state index in [2.05, 4.69) is 168 Å². The summed E-state index contributed by atoms with van der Waals surface area (Å²) in [6.45, 7) is 0. The van der Waals surface area contributed by atoms with Gasteiger partial charge in [-0.1, -0.05) is 121 Å². The molecular weight excluding hydrogens is 520 g/mol. The number of nitrogens with zero attached hydrogens (tertiary/aromatic N) is 2. The molecular formula is C41H28N2. The topological polar surface area (TPSA) is 17.8 Å². The third-order valence-electron chi connectivity index (χ3n) is 8.18.